The van der Waals surface area contributed by atoms with Crippen molar-refractivity contribution in [3.8, 4) is 0 Å². The van der Waals surface area contributed by atoms with Crippen molar-refractivity contribution in [2.45, 2.75) is 9.79 Å². The molecule has 0 saturated heterocycles. The second-order valence-corrected chi connectivity index (χ2v) is 10.2. The molecule has 0 aliphatic heterocycles. The van der Waals surface area contributed by atoms with E-state index in [1.165, 1.54) is 48.5 Å². The quantitative estimate of drug-likeness (QED) is 0.561. The molecule has 0 radical (unpaired) electrons. The smallest absolute Gasteiger partial charge is 0.207 e. The standard InChI is InChI=1S/C18H13BrFNO4S2/c19-14-6-10-17(11-7-14)26(22,23)21(16-4-2-1-3-5-16)27(24,25)18-12-8-15(20)9-13-18/h1-13H. The van der Waals surface area contributed by atoms with Gasteiger partial charge in [-0.25, -0.2) is 21.2 Å². The summed E-state index contributed by atoms with van der Waals surface area (Å²) < 4.78 is 66.9. The average molecular weight is 470 g/mol. The van der Waals surface area contributed by atoms with Gasteiger partial charge in [0.25, 0.3) is 20.0 Å². The van der Waals surface area contributed by atoms with Gasteiger partial charge in [0.2, 0.25) is 0 Å². The summed E-state index contributed by atoms with van der Waals surface area (Å²) in [5, 5.41) is 0. The van der Waals surface area contributed by atoms with Gasteiger partial charge in [-0.2, -0.15) is 3.71 Å². The number of rotatable bonds is 5. The average Bonchev–Trinajstić information content (AvgIpc) is 2.63. The number of halogens is 2. The molecule has 5 nitrogen and oxygen atoms in total. The maximum atomic E-state index is 13.2. The molecule has 0 spiro atoms. The number of benzene rings is 3. The van der Waals surface area contributed by atoms with E-state index in [-0.39, 0.29) is 15.5 Å². The summed E-state index contributed by atoms with van der Waals surface area (Å²) in [5.41, 5.74) is -0.0512. The number of hydrogen-bond donors (Lipinski definition) is 0. The van der Waals surface area contributed by atoms with Gasteiger partial charge in [0.1, 0.15) is 5.82 Å². The van der Waals surface area contributed by atoms with Crippen LogP contribution in [-0.2, 0) is 20.0 Å². The van der Waals surface area contributed by atoms with Gasteiger partial charge < -0.3 is 0 Å². The summed E-state index contributed by atoms with van der Waals surface area (Å²) in [6, 6.07) is 17.0. The van der Waals surface area contributed by atoms with Crippen molar-refractivity contribution in [2.75, 3.05) is 3.71 Å². The van der Waals surface area contributed by atoms with Gasteiger partial charge in [-0.15, -0.1) is 0 Å². The highest BCUT2D eigenvalue weighted by atomic mass is 79.9. The third-order valence-corrected chi connectivity index (χ3v) is 8.36. The third-order valence-electron chi connectivity index (χ3n) is 3.63. The van der Waals surface area contributed by atoms with Crippen LogP contribution in [0.2, 0.25) is 0 Å². The molecule has 0 amide bonds. The lowest BCUT2D eigenvalue weighted by atomic mass is 10.3. The first-order chi connectivity index (χ1) is 12.7. The molecule has 140 valence electrons. The second kappa shape index (κ2) is 7.41. The van der Waals surface area contributed by atoms with E-state index < -0.39 is 25.9 Å². The van der Waals surface area contributed by atoms with Crippen LogP contribution < -0.4 is 3.71 Å². The Morgan fingerprint density at radius 3 is 1.59 bits per heavy atom. The first-order valence-electron chi connectivity index (χ1n) is 7.60. The highest BCUT2D eigenvalue weighted by molar-refractivity contribution is 9.10. The monoisotopic (exact) mass is 469 g/mol. The fourth-order valence-corrected chi connectivity index (χ4v) is 6.32. The Morgan fingerprint density at radius 1 is 0.667 bits per heavy atom. The molecule has 0 atom stereocenters. The number of para-hydroxylation sites is 1. The predicted octanol–water partition coefficient (Wildman–Crippen LogP) is 4.17. The first kappa shape index (κ1) is 19.5. The summed E-state index contributed by atoms with van der Waals surface area (Å²) in [4.78, 5) is -0.534. The number of sulfonamides is 2. The van der Waals surface area contributed by atoms with Gasteiger partial charge in [-0.05, 0) is 60.7 Å². The largest absolute Gasteiger partial charge is 0.277 e. The van der Waals surface area contributed by atoms with E-state index in [0.29, 0.717) is 8.18 Å². The summed E-state index contributed by atoms with van der Waals surface area (Å²) >= 11 is 3.21. The molecule has 0 aliphatic carbocycles. The van der Waals surface area contributed by atoms with Crippen LogP contribution >= 0.6 is 15.9 Å². The molecule has 0 N–H and O–H groups in total. The van der Waals surface area contributed by atoms with E-state index in [4.69, 9.17) is 0 Å². The van der Waals surface area contributed by atoms with Crippen LogP contribution in [0.1, 0.15) is 0 Å². The van der Waals surface area contributed by atoms with Crippen LogP contribution in [0, 0.1) is 5.82 Å². The van der Waals surface area contributed by atoms with E-state index in [1.54, 1.807) is 6.07 Å². The van der Waals surface area contributed by atoms with Gasteiger partial charge in [0, 0.05) is 4.47 Å². The zero-order chi connectivity index (χ0) is 19.7. The van der Waals surface area contributed by atoms with Crippen molar-refractivity contribution in [1.82, 2.24) is 0 Å². The van der Waals surface area contributed by atoms with Gasteiger partial charge in [-0.3, -0.25) is 0 Å². The Bertz CT molecular complexity index is 1070. The lowest BCUT2D eigenvalue weighted by Gasteiger charge is -2.24. The highest BCUT2D eigenvalue weighted by Crippen LogP contribution is 2.31. The van der Waals surface area contributed by atoms with Crippen molar-refractivity contribution in [3.63, 3.8) is 0 Å². The molecule has 0 aromatic heterocycles. The van der Waals surface area contributed by atoms with Crippen LogP contribution in [0.5, 0.6) is 0 Å². The SMILES string of the molecule is O=S(=O)(c1ccc(F)cc1)N(c1ccccc1)S(=O)(=O)c1ccc(Br)cc1. The Morgan fingerprint density at radius 2 is 1.11 bits per heavy atom. The van der Waals surface area contributed by atoms with Crippen molar-refractivity contribution in [3.05, 3.63) is 89.2 Å². The minimum absolute atomic E-state index is 0.0512. The van der Waals surface area contributed by atoms with E-state index >= 15 is 0 Å². The molecule has 0 aliphatic rings. The molecule has 0 heterocycles. The van der Waals surface area contributed by atoms with Crippen LogP contribution in [0.15, 0.2) is 93.1 Å². The predicted molar refractivity (Wildman–Crippen MR) is 104 cm³/mol. The number of anilines is 1. The van der Waals surface area contributed by atoms with E-state index in [9.17, 15) is 21.2 Å². The lowest BCUT2D eigenvalue weighted by Crippen LogP contribution is -2.37. The first-order valence-corrected chi connectivity index (χ1v) is 11.3. The zero-order valence-corrected chi connectivity index (χ0v) is 16.9. The minimum Gasteiger partial charge on any atom is -0.207 e. The fraction of sp³-hybridized carbons (Fsp3) is 0. The summed E-state index contributed by atoms with van der Waals surface area (Å²) in [6.07, 6.45) is 0. The van der Waals surface area contributed by atoms with Crippen molar-refractivity contribution >= 4 is 41.7 Å². The molecule has 27 heavy (non-hydrogen) atoms. The second-order valence-electron chi connectivity index (χ2n) is 5.45. The third kappa shape index (κ3) is 3.90. The topological polar surface area (TPSA) is 71.5 Å². The molecule has 0 saturated carbocycles. The Kier molecular flexibility index (Phi) is 5.36. The lowest BCUT2D eigenvalue weighted by molar-refractivity contribution is 0.584. The van der Waals surface area contributed by atoms with Crippen LogP contribution in [0.4, 0.5) is 10.1 Å². The molecular formula is C18H13BrFNO4S2. The van der Waals surface area contributed by atoms with Gasteiger partial charge >= 0.3 is 0 Å². The summed E-state index contributed by atoms with van der Waals surface area (Å²) in [6.45, 7) is 0. The maximum absolute atomic E-state index is 13.2. The molecule has 3 aromatic carbocycles. The minimum atomic E-state index is -4.52. The fourth-order valence-electron chi connectivity index (χ4n) is 2.36. The molecule has 0 unspecified atom stereocenters. The maximum Gasteiger partial charge on any atom is 0.277 e. The van der Waals surface area contributed by atoms with Crippen molar-refractivity contribution in [2.24, 2.45) is 0 Å². The van der Waals surface area contributed by atoms with Crippen LogP contribution in [0.3, 0.4) is 0 Å². The zero-order valence-electron chi connectivity index (χ0n) is 13.7. The molecule has 9 heteroatoms. The van der Waals surface area contributed by atoms with Crippen molar-refractivity contribution in [1.29, 1.82) is 0 Å². The summed E-state index contributed by atoms with van der Waals surface area (Å²) in [7, 11) is -8.98. The van der Waals surface area contributed by atoms with E-state index in [2.05, 4.69) is 15.9 Å². The van der Waals surface area contributed by atoms with Crippen molar-refractivity contribution < 1.29 is 21.2 Å². The van der Waals surface area contributed by atoms with E-state index in [1.807, 2.05) is 0 Å². The normalized spacial score (nSPS) is 11.9. The molecule has 0 fully saturated rings. The highest BCUT2D eigenvalue weighted by Gasteiger charge is 2.36. The number of nitrogens with zero attached hydrogens (tertiary/aromatic N) is 1. The Labute approximate surface area is 165 Å². The van der Waals surface area contributed by atoms with Gasteiger partial charge in [0.05, 0.1) is 15.5 Å². The Balaban J connectivity index is 2.24. The molecule has 0 bridgehead atoms. The molecule has 3 rings (SSSR count). The van der Waals surface area contributed by atoms with Crippen LogP contribution in [-0.4, -0.2) is 16.8 Å². The molecular weight excluding hydrogens is 457 g/mol. The van der Waals surface area contributed by atoms with E-state index in [0.717, 1.165) is 24.3 Å². The number of hydrogen-bond acceptors (Lipinski definition) is 4. The Hall–Kier alpha value is -2.23. The molecule has 3 aromatic rings. The summed E-state index contributed by atoms with van der Waals surface area (Å²) in [5.74, 6) is -0.629. The van der Waals surface area contributed by atoms with Gasteiger partial charge in [-0.1, -0.05) is 34.1 Å². The van der Waals surface area contributed by atoms with Crippen LogP contribution in [0.25, 0.3) is 0 Å². The van der Waals surface area contributed by atoms with Gasteiger partial charge in [0.15, 0.2) is 0 Å².